The summed E-state index contributed by atoms with van der Waals surface area (Å²) < 4.78 is 0. The summed E-state index contributed by atoms with van der Waals surface area (Å²) in [5, 5.41) is 5.44. The predicted molar refractivity (Wildman–Crippen MR) is 83.6 cm³/mol. The van der Waals surface area contributed by atoms with Gasteiger partial charge < -0.3 is 20.3 Å². The highest BCUT2D eigenvalue weighted by molar-refractivity contribution is 5.89. The van der Waals surface area contributed by atoms with Crippen LogP contribution < -0.4 is 10.6 Å². The van der Waals surface area contributed by atoms with E-state index in [4.69, 9.17) is 0 Å². The second kappa shape index (κ2) is 7.59. The van der Waals surface area contributed by atoms with E-state index >= 15 is 0 Å². The first-order valence-corrected chi connectivity index (χ1v) is 7.46. The summed E-state index contributed by atoms with van der Waals surface area (Å²) in [7, 11) is 0. The van der Waals surface area contributed by atoms with E-state index in [2.05, 4.69) is 10.6 Å². The number of aldehydes is 1. The lowest BCUT2D eigenvalue weighted by molar-refractivity contribution is -0.122. The first kappa shape index (κ1) is 16.0. The number of nitrogens with one attached hydrogen (secondary N) is 2. The number of urea groups is 1. The van der Waals surface area contributed by atoms with Crippen molar-refractivity contribution in [2.75, 3.05) is 18.4 Å². The Morgan fingerprint density at radius 3 is 2.41 bits per heavy atom. The number of anilines is 1. The van der Waals surface area contributed by atoms with Crippen LogP contribution >= 0.6 is 0 Å². The van der Waals surface area contributed by atoms with Crippen LogP contribution in [0.2, 0.25) is 0 Å². The molecule has 1 atom stereocenters. The van der Waals surface area contributed by atoms with Gasteiger partial charge in [0.25, 0.3) is 0 Å². The maximum absolute atomic E-state index is 12.0. The van der Waals surface area contributed by atoms with Crippen molar-refractivity contribution in [2.45, 2.75) is 32.2 Å². The Labute approximate surface area is 129 Å². The average molecular weight is 303 g/mol. The van der Waals surface area contributed by atoms with Crippen LogP contribution in [0.4, 0.5) is 10.5 Å². The van der Waals surface area contributed by atoms with Crippen molar-refractivity contribution in [1.29, 1.82) is 0 Å². The summed E-state index contributed by atoms with van der Waals surface area (Å²) in [6, 6.07) is 6.70. The van der Waals surface area contributed by atoms with Crippen LogP contribution in [-0.2, 0) is 16.0 Å². The third-order valence-electron chi connectivity index (χ3n) is 3.61. The summed E-state index contributed by atoms with van der Waals surface area (Å²) in [6.45, 7) is 3.00. The monoisotopic (exact) mass is 303 g/mol. The van der Waals surface area contributed by atoms with Gasteiger partial charge in [-0.1, -0.05) is 12.1 Å². The molecule has 1 aliphatic rings. The van der Waals surface area contributed by atoms with Gasteiger partial charge in [0, 0.05) is 25.7 Å². The van der Waals surface area contributed by atoms with Gasteiger partial charge in [-0.25, -0.2) is 4.79 Å². The van der Waals surface area contributed by atoms with Crippen molar-refractivity contribution in [3.63, 3.8) is 0 Å². The molecule has 2 N–H and O–H groups in total. The molecule has 0 spiro atoms. The lowest BCUT2D eigenvalue weighted by Gasteiger charge is -2.16. The topological polar surface area (TPSA) is 78.5 Å². The molecule has 118 valence electrons. The van der Waals surface area contributed by atoms with E-state index in [0.717, 1.165) is 43.5 Å². The zero-order valence-corrected chi connectivity index (χ0v) is 12.7. The molecule has 0 aromatic heterocycles. The molecule has 0 radical (unpaired) electrons. The summed E-state index contributed by atoms with van der Waals surface area (Å²) in [5.41, 5.74) is 1.65. The summed E-state index contributed by atoms with van der Waals surface area (Å²) in [5.74, 6) is -0.230. The molecule has 1 aromatic carbocycles. The number of rotatable bonds is 5. The zero-order chi connectivity index (χ0) is 15.9. The number of carbonyl (C=O) groups is 3. The number of amides is 3. The lowest BCUT2D eigenvalue weighted by atomic mass is 10.1. The first-order chi connectivity index (χ1) is 10.6. The predicted octanol–water partition coefficient (Wildman–Crippen LogP) is 1.56. The van der Waals surface area contributed by atoms with Crippen molar-refractivity contribution in [3.05, 3.63) is 29.8 Å². The fraction of sp³-hybridized carbons (Fsp3) is 0.438. The van der Waals surface area contributed by atoms with Crippen LogP contribution in [0.3, 0.4) is 0 Å². The first-order valence-electron chi connectivity index (χ1n) is 7.46. The maximum atomic E-state index is 12.0. The molecule has 1 aromatic rings. The molecule has 1 aliphatic heterocycles. The Morgan fingerprint density at radius 1 is 1.23 bits per heavy atom. The van der Waals surface area contributed by atoms with E-state index in [1.54, 1.807) is 17.0 Å². The Hall–Kier alpha value is -2.37. The molecule has 3 amide bonds. The summed E-state index contributed by atoms with van der Waals surface area (Å²) in [4.78, 5) is 35.7. The molecule has 22 heavy (non-hydrogen) atoms. The molecule has 2 rings (SSSR count). The fourth-order valence-corrected chi connectivity index (χ4v) is 2.50. The van der Waals surface area contributed by atoms with Gasteiger partial charge >= 0.3 is 6.03 Å². The van der Waals surface area contributed by atoms with Crippen molar-refractivity contribution in [1.82, 2.24) is 10.2 Å². The van der Waals surface area contributed by atoms with Crippen LogP contribution in [0.15, 0.2) is 24.3 Å². The van der Waals surface area contributed by atoms with Gasteiger partial charge in [-0.3, -0.25) is 4.79 Å². The van der Waals surface area contributed by atoms with Crippen LogP contribution in [0.5, 0.6) is 0 Å². The van der Waals surface area contributed by atoms with Gasteiger partial charge in [0.1, 0.15) is 6.29 Å². The van der Waals surface area contributed by atoms with Crippen LogP contribution in [0, 0.1) is 0 Å². The minimum atomic E-state index is -0.525. The molecule has 1 saturated heterocycles. The smallest absolute Gasteiger partial charge is 0.321 e. The van der Waals surface area contributed by atoms with E-state index in [1.165, 1.54) is 6.92 Å². The quantitative estimate of drug-likeness (QED) is 0.810. The van der Waals surface area contributed by atoms with E-state index in [1.807, 2.05) is 12.1 Å². The Bertz CT molecular complexity index is 536. The maximum Gasteiger partial charge on any atom is 0.321 e. The van der Waals surface area contributed by atoms with Crippen LogP contribution in [0.1, 0.15) is 25.3 Å². The molecule has 1 heterocycles. The lowest BCUT2D eigenvalue weighted by Crippen LogP contribution is -2.36. The molecule has 0 aliphatic carbocycles. The Morgan fingerprint density at radius 2 is 1.86 bits per heavy atom. The molecular weight excluding hydrogens is 282 g/mol. The van der Waals surface area contributed by atoms with Gasteiger partial charge in [-0.05, 0) is 37.0 Å². The van der Waals surface area contributed by atoms with Crippen molar-refractivity contribution >= 4 is 23.9 Å². The molecule has 1 fully saturated rings. The second-order valence-electron chi connectivity index (χ2n) is 5.47. The van der Waals surface area contributed by atoms with Crippen LogP contribution in [0.25, 0.3) is 0 Å². The average Bonchev–Trinajstić information content (AvgIpc) is 3.02. The molecule has 0 saturated carbocycles. The number of benzene rings is 1. The highest BCUT2D eigenvalue weighted by Crippen LogP contribution is 2.14. The SMILES string of the molecule is CC(=O)NC(C=O)Cc1ccc(NC(=O)N2CCCC2)cc1. The van der Waals surface area contributed by atoms with Gasteiger partial charge in [-0.2, -0.15) is 0 Å². The highest BCUT2D eigenvalue weighted by atomic mass is 16.2. The van der Waals surface area contributed by atoms with Gasteiger partial charge in [0.05, 0.1) is 6.04 Å². The van der Waals surface area contributed by atoms with Gasteiger partial charge in [0.2, 0.25) is 5.91 Å². The minimum absolute atomic E-state index is 0.0748. The standard InChI is InChI=1S/C16H21N3O3/c1-12(21)17-15(11-20)10-13-4-6-14(7-5-13)18-16(22)19-8-2-3-9-19/h4-7,11,15H,2-3,8-10H2,1H3,(H,17,21)(H,18,22). The number of likely N-dealkylation sites (tertiary alicyclic amines) is 1. The molecule has 0 bridgehead atoms. The largest absolute Gasteiger partial charge is 0.346 e. The Kier molecular flexibility index (Phi) is 5.52. The van der Waals surface area contributed by atoms with Crippen molar-refractivity contribution in [3.8, 4) is 0 Å². The van der Waals surface area contributed by atoms with Crippen LogP contribution in [-0.4, -0.2) is 42.3 Å². The van der Waals surface area contributed by atoms with E-state index in [9.17, 15) is 14.4 Å². The van der Waals surface area contributed by atoms with E-state index < -0.39 is 6.04 Å². The summed E-state index contributed by atoms with van der Waals surface area (Å²) in [6.07, 6.45) is 3.28. The van der Waals surface area contributed by atoms with E-state index in [0.29, 0.717) is 6.42 Å². The normalized spacial score (nSPS) is 15.2. The third kappa shape index (κ3) is 4.58. The highest BCUT2D eigenvalue weighted by Gasteiger charge is 2.17. The van der Waals surface area contributed by atoms with Crippen molar-refractivity contribution in [2.24, 2.45) is 0 Å². The second-order valence-corrected chi connectivity index (χ2v) is 5.47. The number of hydrogen-bond acceptors (Lipinski definition) is 3. The molecule has 1 unspecified atom stereocenters. The van der Waals surface area contributed by atoms with Crippen molar-refractivity contribution < 1.29 is 14.4 Å². The summed E-state index contributed by atoms with van der Waals surface area (Å²) >= 11 is 0. The molecule has 6 heteroatoms. The Balaban J connectivity index is 1.90. The molecule has 6 nitrogen and oxygen atoms in total. The van der Waals surface area contributed by atoms with Gasteiger partial charge in [0.15, 0.2) is 0 Å². The number of nitrogens with zero attached hydrogens (tertiary/aromatic N) is 1. The van der Waals surface area contributed by atoms with Gasteiger partial charge in [-0.15, -0.1) is 0 Å². The number of carbonyl (C=O) groups excluding carboxylic acids is 3. The third-order valence-corrected chi connectivity index (χ3v) is 3.61. The molecular formula is C16H21N3O3. The fourth-order valence-electron chi connectivity index (χ4n) is 2.50. The number of hydrogen-bond donors (Lipinski definition) is 2. The van der Waals surface area contributed by atoms with E-state index in [-0.39, 0.29) is 11.9 Å². The minimum Gasteiger partial charge on any atom is -0.346 e. The zero-order valence-electron chi connectivity index (χ0n) is 12.7.